The number of piperidine rings is 1. The van der Waals surface area contributed by atoms with Gasteiger partial charge in [0.25, 0.3) is 0 Å². The molecular weight excluding hydrogens is 200 g/mol. The van der Waals surface area contributed by atoms with Crippen molar-refractivity contribution in [1.29, 1.82) is 0 Å². The second-order valence-corrected chi connectivity index (χ2v) is 5.68. The number of hydrogen-bond acceptors (Lipinski definition) is 3. The van der Waals surface area contributed by atoms with Gasteiger partial charge < -0.3 is 4.90 Å². The van der Waals surface area contributed by atoms with Gasteiger partial charge in [0, 0.05) is 25.6 Å². The quantitative estimate of drug-likeness (QED) is 0.729. The Balaban J connectivity index is 2.25. The topological polar surface area (TPSA) is 34.0 Å². The molecule has 0 unspecified atom stereocenters. The Labute approximate surface area is 97.7 Å². The predicted molar refractivity (Wildman–Crippen MR) is 65.8 cm³/mol. The molecule has 0 N–H and O–H groups in total. The van der Waals surface area contributed by atoms with Crippen LogP contribution in [0.5, 0.6) is 0 Å². The Morgan fingerprint density at radius 3 is 2.12 bits per heavy atom. The number of hydrogen-bond donors (Lipinski definition) is 0. The van der Waals surface area contributed by atoms with Gasteiger partial charge in [-0.05, 0) is 19.3 Å². The maximum atomic E-state index is 4.34. The molecule has 0 spiro atoms. The normalized spacial score (nSPS) is 17.9. The van der Waals surface area contributed by atoms with Gasteiger partial charge in [0.1, 0.15) is 5.82 Å². The van der Waals surface area contributed by atoms with Crippen molar-refractivity contribution >= 4 is 5.95 Å². The summed E-state index contributed by atoms with van der Waals surface area (Å²) < 4.78 is 2.14. The van der Waals surface area contributed by atoms with Crippen LogP contribution in [-0.2, 0) is 12.5 Å². The molecule has 1 aromatic rings. The van der Waals surface area contributed by atoms with Gasteiger partial charge in [0.05, 0.1) is 0 Å². The Morgan fingerprint density at radius 2 is 1.62 bits per heavy atom. The zero-order valence-electron chi connectivity index (χ0n) is 10.8. The Kier molecular flexibility index (Phi) is 2.91. The molecule has 0 aromatic carbocycles. The van der Waals surface area contributed by atoms with E-state index in [0.29, 0.717) is 0 Å². The SMILES string of the molecule is Cn1c(N2CCCCC2)nnc1C(C)(C)C. The smallest absolute Gasteiger partial charge is 0.226 e. The summed E-state index contributed by atoms with van der Waals surface area (Å²) in [7, 11) is 2.07. The summed E-state index contributed by atoms with van der Waals surface area (Å²) in [6.07, 6.45) is 3.90. The lowest BCUT2D eigenvalue weighted by Crippen LogP contribution is -2.32. The van der Waals surface area contributed by atoms with Gasteiger partial charge in [0.15, 0.2) is 0 Å². The molecule has 0 amide bonds. The van der Waals surface area contributed by atoms with Gasteiger partial charge in [-0.15, -0.1) is 10.2 Å². The van der Waals surface area contributed by atoms with Crippen LogP contribution in [0.25, 0.3) is 0 Å². The highest BCUT2D eigenvalue weighted by atomic mass is 15.4. The molecule has 0 bridgehead atoms. The van der Waals surface area contributed by atoms with Crippen LogP contribution in [-0.4, -0.2) is 27.9 Å². The van der Waals surface area contributed by atoms with Crippen molar-refractivity contribution < 1.29 is 0 Å². The van der Waals surface area contributed by atoms with E-state index in [2.05, 4.69) is 47.5 Å². The zero-order valence-corrected chi connectivity index (χ0v) is 10.8. The third kappa shape index (κ3) is 2.06. The van der Waals surface area contributed by atoms with E-state index < -0.39 is 0 Å². The second kappa shape index (κ2) is 4.07. The summed E-state index contributed by atoms with van der Waals surface area (Å²) >= 11 is 0. The summed E-state index contributed by atoms with van der Waals surface area (Å²) in [6, 6.07) is 0. The lowest BCUT2D eigenvalue weighted by atomic mass is 9.96. The molecule has 0 saturated carbocycles. The summed E-state index contributed by atoms with van der Waals surface area (Å²) in [5.41, 5.74) is 0.0653. The summed E-state index contributed by atoms with van der Waals surface area (Å²) in [4.78, 5) is 2.35. The monoisotopic (exact) mass is 222 g/mol. The summed E-state index contributed by atoms with van der Waals surface area (Å²) in [6.45, 7) is 8.78. The number of nitrogens with zero attached hydrogens (tertiary/aromatic N) is 4. The lowest BCUT2D eigenvalue weighted by Gasteiger charge is -2.27. The fraction of sp³-hybridized carbons (Fsp3) is 0.833. The molecule has 16 heavy (non-hydrogen) atoms. The minimum absolute atomic E-state index is 0.0653. The molecule has 0 radical (unpaired) electrons. The molecule has 1 fully saturated rings. The largest absolute Gasteiger partial charge is 0.341 e. The van der Waals surface area contributed by atoms with E-state index in [1.54, 1.807) is 0 Å². The van der Waals surface area contributed by atoms with Gasteiger partial charge in [-0.2, -0.15) is 0 Å². The Morgan fingerprint density at radius 1 is 1.00 bits per heavy atom. The van der Waals surface area contributed by atoms with Crippen LogP contribution < -0.4 is 4.90 Å². The number of rotatable bonds is 1. The summed E-state index contributed by atoms with van der Waals surface area (Å²) in [5, 5.41) is 8.68. The van der Waals surface area contributed by atoms with Crippen LogP contribution in [0.2, 0.25) is 0 Å². The maximum Gasteiger partial charge on any atom is 0.226 e. The van der Waals surface area contributed by atoms with Crippen LogP contribution in [0.3, 0.4) is 0 Å². The zero-order chi connectivity index (χ0) is 11.8. The standard InChI is InChI=1S/C12H22N4/c1-12(2,3)10-13-14-11(15(10)4)16-8-6-5-7-9-16/h5-9H2,1-4H3. The highest BCUT2D eigenvalue weighted by molar-refractivity contribution is 5.32. The van der Waals surface area contributed by atoms with Gasteiger partial charge in [-0.3, -0.25) is 4.57 Å². The molecule has 90 valence electrons. The van der Waals surface area contributed by atoms with E-state index in [-0.39, 0.29) is 5.41 Å². The average molecular weight is 222 g/mol. The Bertz CT molecular complexity index is 356. The second-order valence-electron chi connectivity index (χ2n) is 5.68. The molecule has 1 saturated heterocycles. The highest BCUT2D eigenvalue weighted by Crippen LogP contribution is 2.24. The third-order valence-corrected chi connectivity index (χ3v) is 3.16. The molecule has 1 aliphatic heterocycles. The molecule has 4 nitrogen and oxygen atoms in total. The molecule has 1 aliphatic rings. The van der Waals surface area contributed by atoms with Crippen LogP contribution in [0, 0.1) is 0 Å². The van der Waals surface area contributed by atoms with Crippen molar-refractivity contribution in [3.05, 3.63) is 5.82 Å². The van der Waals surface area contributed by atoms with Crippen molar-refractivity contribution in [2.24, 2.45) is 7.05 Å². The van der Waals surface area contributed by atoms with Crippen LogP contribution in [0.15, 0.2) is 0 Å². The Hall–Kier alpha value is -1.06. The van der Waals surface area contributed by atoms with Gasteiger partial charge in [-0.1, -0.05) is 20.8 Å². The first-order chi connectivity index (χ1) is 7.50. The molecule has 0 atom stereocenters. The minimum Gasteiger partial charge on any atom is -0.341 e. The molecule has 2 rings (SSSR count). The lowest BCUT2D eigenvalue weighted by molar-refractivity contribution is 0.514. The maximum absolute atomic E-state index is 4.34. The van der Waals surface area contributed by atoms with Crippen molar-refractivity contribution in [2.75, 3.05) is 18.0 Å². The number of anilines is 1. The molecule has 2 heterocycles. The fourth-order valence-electron chi connectivity index (χ4n) is 2.34. The third-order valence-electron chi connectivity index (χ3n) is 3.16. The first-order valence-electron chi connectivity index (χ1n) is 6.15. The van der Waals surface area contributed by atoms with Crippen molar-refractivity contribution in [3.63, 3.8) is 0 Å². The van der Waals surface area contributed by atoms with Gasteiger partial charge in [0.2, 0.25) is 5.95 Å². The van der Waals surface area contributed by atoms with Crippen LogP contribution in [0.4, 0.5) is 5.95 Å². The first-order valence-corrected chi connectivity index (χ1v) is 6.15. The van der Waals surface area contributed by atoms with Crippen molar-refractivity contribution in [2.45, 2.75) is 45.4 Å². The molecule has 1 aromatic heterocycles. The van der Waals surface area contributed by atoms with E-state index >= 15 is 0 Å². The highest BCUT2D eigenvalue weighted by Gasteiger charge is 2.24. The molecule has 4 heteroatoms. The number of aromatic nitrogens is 3. The van der Waals surface area contributed by atoms with E-state index in [4.69, 9.17) is 0 Å². The van der Waals surface area contributed by atoms with E-state index in [9.17, 15) is 0 Å². The van der Waals surface area contributed by atoms with E-state index in [1.807, 2.05) is 0 Å². The van der Waals surface area contributed by atoms with Gasteiger partial charge >= 0.3 is 0 Å². The van der Waals surface area contributed by atoms with Crippen molar-refractivity contribution in [1.82, 2.24) is 14.8 Å². The molecule has 0 aliphatic carbocycles. The molecular formula is C12H22N4. The van der Waals surface area contributed by atoms with Crippen molar-refractivity contribution in [3.8, 4) is 0 Å². The van der Waals surface area contributed by atoms with E-state index in [0.717, 1.165) is 24.9 Å². The van der Waals surface area contributed by atoms with Crippen LogP contribution >= 0.6 is 0 Å². The first kappa shape index (κ1) is 11.4. The van der Waals surface area contributed by atoms with Gasteiger partial charge in [-0.25, -0.2) is 0 Å². The van der Waals surface area contributed by atoms with Crippen LogP contribution in [0.1, 0.15) is 45.9 Å². The summed E-state index contributed by atoms with van der Waals surface area (Å²) in [5.74, 6) is 2.10. The predicted octanol–water partition coefficient (Wildman–Crippen LogP) is 2.10. The average Bonchev–Trinajstić information content (AvgIpc) is 2.61. The van der Waals surface area contributed by atoms with E-state index in [1.165, 1.54) is 19.3 Å². The fourth-order valence-corrected chi connectivity index (χ4v) is 2.34. The minimum atomic E-state index is 0.0653.